The Hall–Kier alpha value is -0.0800. The molecule has 2 heteroatoms. The molecule has 2 N–H and O–H groups in total. The quantitative estimate of drug-likeness (QED) is 0.787. The molecule has 1 aliphatic heterocycles. The summed E-state index contributed by atoms with van der Waals surface area (Å²) in [5.41, 5.74) is 0. The normalized spacial score (nSPS) is 46.8. The maximum atomic E-state index is 3.95. The molecule has 98 valence electrons. The van der Waals surface area contributed by atoms with Gasteiger partial charge in [-0.05, 0) is 50.5 Å². The van der Waals surface area contributed by atoms with E-state index < -0.39 is 0 Å². The Morgan fingerprint density at radius 2 is 1.71 bits per heavy atom. The smallest absolute Gasteiger partial charge is 0.0113 e. The summed E-state index contributed by atoms with van der Waals surface area (Å²) in [4.78, 5) is 0. The molecule has 3 aliphatic rings. The van der Waals surface area contributed by atoms with Crippen LogP contribution in [0.3, 0.4) is 0 Å². The molecule has 0 aromatic heterocycles. The van der Waals surface area contributed by atoms with Crippen LogP contribution >= 0.6 is 0 Å². The molecule has 5 unspecified atom stereocenters. The molecule has 0 spiro atoms. The molecule has 3 fully saturated rings. The third-order valence-electron chi connectivity index (χ3n) is 5.22. The Kier molecular flexibility index (Phi) is 3.72. The van der Waals surface area contributed by atoms with Crippen molar-refractivity contribution in [2.45, 2.75) is 76.4 Å². The van der Waals surface area contributed by atoms with Crippen molar-refractivity contribution >= 4 is 0 Å². The van der Waals surface area contributed by atoms with Crippen molar-refractivity contribution in [3.8, 4) is 0 Å². The van der Waals surface area contributed by atoms with Crippen molar-refractivity contribution in [2.24, 2.45) is 11.8 Å². The van der Waals surface area contributed by atoms with Crippen LogP contribution < -0.4 is 10.6 Å². The second-order valence-electron chi connectivity index (χ2n) is 6.60. The SMILES string of the molecule is CC1CC1NC1CCCCC1C1CCCCN1. The summed E-state index contributed by atoms with van der Waals surface area (Å²) in [5, 5.41) is 7.73. The summed E-state index contributed by atoms with van der Waals surface area (Å²) in [6, 6.07) is 2.48. The van der Waals surface area contributed by atoms with Crippen LogP contribution in [-0.2, 0) is 0 Å². The molecule has 0 radical (unpaired) electrons. The van der Waals surface area contributed by atoms with Crippen LogP contribution in [0.1, 0.15) is 58.3 Å². The molecule has 0 aromatic carbocycles. The standard InChI is InChI=1S/C15H28N2/c1-11-10-15(11)17-14-8-3-2-6-12(14)13-7-4-5-9-16-13/h11-17H,2-10H2,1H3. The van der Waals surface area contributed by atoms with Gasteiger partial charge in [-0.15, -0.1) is 0 Å². The fourth-order valence-electron chi connectivity index (χ4n) is 3.92. The maximum Gasteiger partial charge on any atom is 0.0113 e. The van der Waals surface area contributed by atoms with Crippen molar-refractivity contribution in [3.63, 3.8) is 0 Å². The van der Waals surface area contributed by atoms with Gasteiger partial charge >= 0.3 is 0 Å². The summed E-state index contributed by atoms with van der Waals surface area (Å²) in [6.07, 6.45) is 11.5. The van der Waals surface area contributed by atoms with E-state index in [1.54, 1.807) is 0 Å². The topological polar surface area (TPSA) is 24.1 Å². The van der Waals surface area contributed by atoms with Crippen molar-refractivity contribution in [1.29, 1.82) is 0 Å². The molecular weight excluding hydrogens is 208 g/mol. The molecule has 17 heavy (non-hydrogen) atoms. The molecule has 5 atom stereocenters. The zero-order valence-corrected chi connectivity index (χ0v) is 11.3. The van der Waals surface area contributed by atoms with Crippen LogP contribution in [0.4, 0.5) is 0 Å². The molecule has 0 amide bonds. The van der Waals surface area contributed by atoms with Crippen molar-refractivity contribution in [1.82, 2.24) is 10.6 Å². The first-order valence-electron chi connectivity index (χ1n) is 7.84. The minimum atomic E-state index is 0.814. The molecule has 3 rings (SSSR count). The highest BCUT2D eigenvalue weighted by molar-refractivity contribution is 4.97. The lowest BCUT2D eigenvalue weighted by Crippen LogP contribution is -2.51. The van der Waals surface area contributed by atoms with Gasteiger partial charge in [-0.25, -0.2) is 0 Å². The third kappa shape index (κ3) is 2.85. The molecular formula is C15H28N2. The van der Waals surface area contributed by atoms with E-state index in [0.717, 1.165) is 30.0 Å². The summed E-state index contributed by atoms with van der Waals surface area (Å²) in [5.74, 6) is 1.86. The van der Waals surface area contributed by atoms with Gasteiger partial charge in [0, 0.05) is 18.1 Å². The van der Waals surface area contributed by atoms with Crippen molar-refractivity contribution < 1.29 is 0 Å². The van der Waals surface area contributed by atoms with E-state index in [9.17, 15) is 0 Å². The van der Waals surface area contributed by atoms with Crippen LogP contribution in [0.15, 0.2) is 0 Å². The summed E-state index contributed by atoms with van der Waals surface area (Å²) in [7, 11) is 0. The van der Waals surface area contributed by atoms with Crippen LogP contribution in [0.5, 0.6) is 0 Å². The lowest BCUT2D eigenvalue weighted by molar-refractivity contribution is 0.180. The van der Waals surface area contributed by atoms with Gasteiger partial charge in [0.25, 0.3) is 0 Å². The largest absolute Gasteiger partial charge is 0.314 e. The molecule has 1 heterocycles. The zero-order valence-electron chi connectivity index (χ0n) is 11.3. The summed E-state index contributed by atoms with van der Waals surface area (Å²) < 4.78 is 0. The minimum Gasteiger partial charge on any atom is -0.314 e. The van der Waals surface area contributed by atoms with Gasteiger partial charge in [-0.2, -0.15) is 0 Å². The van der Waals surface area contributed by atoms with E-state index in [1.807, 2.05) is 0 Å². The number of piperidine rings is 1. The van der Waals surface area contributed by atoms with Gasteiger partial charge in [0.15, 0.2) is 0 Å². The molecule has 2 nitrogen and oxygen atoms in total. The van der Waals surface area contributed by atoms with E-state index in [4.69, 9.17) is 0 Å². The van der Waals surface area contributed by atoms with Crippen LogP contribution in [0.25, 0.3) is 0 Å². The first-order chi connectivity index (χ1) is 8.34. The van der Waals surface area contributed by atoms with Gasteiger partial charge in [0.1, 0.15) is 0 Å². The van der Waals surface area contributed by atoms with Gasteiger partial charge in [0.2, 0.25) is 0 Å². The Balaban J connectivity index is 1.58. The van der Waals surface area contributed by atoms with Crippen molar-refractivity contribution in [2.75, 3.05) is 6.54 Å². The van der Waals surface area contributed by atoms with Gasteiger partial charge in [-0.3, -0.25) is 0 Å². The highest BCUT2D eigenvalue weighted by atomic mass is 15.0. The molecule has 2 saturated carbocycles. The van der Waals surface area contributed by atoms with E-state index in [-0.39, 0.29) is 0 Å². The third-order valence-corrected chi connectivity index (χ3v) is 5.22. The van der Waals surface area contributed by atoms with Crippen LogP contribution in [-0.4, -0.2) is 24.7 Å². The monoisotopic (exact) mass is 236 g/mol. The second kappa shape index (κ2) is 5.27. The van der Waals surface area contributed by atoms with Crippen LogP contribution in [0.2, 0.25) is 0 Å². The van der Waals surface area contributed by atoms with Crippen LogP contribution in [0, 0.1) is 11.8 Å². The lowest BCUT2D eigenvalue weighted by Gasteiger charge is -2.40. The molecule has 0 bridgehead atoms. The predicted octanol–water partition coefficient (Wildman–Crippen LogP) is 2.69. The fraction of sp³-hybridized carbons (Fsp3) is 1.00. The highest BCUT2D eigenvalue weighted by Gasteiger charge is 2.39. The van der Waals surface area contributed by atoms with E-state index >= 15 is 0 Å². The average Bonchev–Trinajstić information content (AvgIpc) is 3.07. The number of hydrogen-bond donors (Lipinski definition) is 2. The lowest BCUT2D eigenvalue weighted by atomic mass is 9.77. The predicted molar refractivity (Wildman–Crippen MR) is 72.1 cm³/mol. The first kappa shape index (κ1) is 12.0. The molecule has 2 aliphatic carbocycles. The molecule has 0 aromatic rings. The minimum absolute atomic E-state index is 0.814. The van der Waals surface area contributed by atoms with Gasteiger partial charge < -0.3 is 10.6 Å². The van der Waals surface area contributed by atoms with Gasteiger partial charge in [0.05, 0.1) is 0 Å². The summed E-state index contributed by atoms with van der Waals surface area (Å²) in [6.45, 7) is 3.64. The Bertz CT molecular complexity index is 247. The first-order valence-corrected chi connectivity index (χ1v) is 7.84. The second-order valence-corrected chi connectivity index (χ2v) is 6.60. The Morgan fingerprint density at radius 1 is 0.941 bits per heavy atom. The summed E-state index contributed by atoms with van der Waals surface area (Å²) >= 11 is 0. The fourth-order valence-corrected chi connectivity index (χ4v) is 3.92. The van der Waals surface area contributed by atoms with Gasteiger partial charge in [-0.1, -0.05) is 26.2 Å². The van der Waals surface area contributed by atoms with E-state index in [0.29, 0.717) is 0 Å². The Labute approximate surface area is 106 Å². The number of rotatable bonds is 3. The van der Waals surface area contributed by atoms with E-state index in [2.05, 4.69) is 17.6 Å². The highest BCUT2D eigenvalue weighted by Crippen LogP contribution is 2.35. The average molecular weight is 236 g/mol. The number of nitrogens with one attached hydrogen (secondary N) is 2. The maximum absolute atomic E-state index is 3.95. The zero-order chi connectivity index (χ0) is 11.7. The Morgan fingerprint density at radius 3 is 2.41 bits per heavy atom. The van der Waals surface area contributed by atoms with Crippen molar-refractivity contribution in [3.05, 3.63) is 0 Å². The number of hydrogen-bond acceptors (Lipinski definition) is 2. The molecule has 1 saturated heterocycles. The van der Waals surface area contributed by atoms with E-state index in [1.165, 1.54) is 57.9 Å².